The maximum Gasteiger partial charge on any atom is 0.231 e. The van der Waals surface area contributed by atoms with Crippen LogP contribution in [0.15, 0.2) is 22.8 Å². The topological polar surface area (TPSA) is 56.5 Å². The van der Waals surface area contributed by atoms with Gasteiger partial charge in [0.25, 0.3) is 0 Å². The molecule has 1 N–H and O–H groups in total. The van der Waals surface area contributed by atoms with Crippen molar-refractivity contribution in [2.45, 2.75) is 6.10 Å². The fourth-order valence-electron chi connectivity index (χ4n) is 2.03. The highest BCUT2D eigenvalue weighted by Crippen LogP contribution is 2.42. The van der Waals surface area contributed by atoms with Crippen molar-refractivity contribution in [2.24, 2.45) is 7.05 Å². The van der Waals surface area contributed by atoms with E-state index >= 15 is 0 Å². The van der Waals surface area contributed by atoms with Gasteiger partial charge in [0, 0.05) is 7.05 Å². The maximum atomic E-state index is 10.5. The third-order valence-corrected chi connectivity index (χ3v) is 3.85. The van der Waals surface area contributed by atoms with Crippen LogP contribution in [-0.4, -0.2) is 21.7 Å². The number of benzene rings is 1. The minimum absolute atomic E-state index is 0.143. The number of hydrogen-bond donors (Lipinski definition) is 1. The number of hydrogen-bond acceptors (Lipinski definition) is 4. The van der Waals surface area contributed by atoms with E-state index < -0.39 is 6.10 Å². The van der Waals surface area contributed by atoms with E-state index in [9.17, 15) is 5.11 Å². The second kappa shape index (κ2) is 4.70. The van der Waals surface area contributed by atoms with Crippen molar-refractivity contribution in [2.75, 3.05) is 6.79 Å². The van der Waals surface area contributed by atoms with E-state index in [2.05, 4.69) is 21.0 Å². The van der Waals surface area contributed by atoms with E-state index in [-0.39, 0.29) is 6.79 Å². The fraction of sp³-hybridized carbons (Fsp3) is 0.250. The predicted octanol–water partition coefficient (Wildman–Crippen LogP) is 2.65. The quantitative estimate of drug-likeness (QED) is 0.909. The van der Waals surface area contributed by atoms with Crippen molar-refractivity contribution >= 4 is 27.5 Å². The Bertz CT molecular complexity index is 625. The Balaban J connectivity index is 2.06. The third-order valence-electron chi connectivity index (χ3n) is 2.96. The molecule has 1 aliphatic rings. The van der Waals surface area contributed by atoms with Crippen molar-refractivity contribution in [3.63, 3.8) is 0 Å². The van der Waals surface area contributed by atoms with E-state index in [0.29, 0.717) is 27.8 Å². The van der Waals surface area contributed by atoms with Gasteiger partial charge in [-0.05, 0) is 33.6 Å². The highest BCUT2D eigenvalue weighted by molar-refractivity contribution is 9.10. The van der Waals surface area contributed by atoms with Crippen molar-refractivity contribution in [1.29, 1.82) is 0 Å². The monoisotopic (exact) mass is 344 g/mol. The maximum absolute atomic E-state index is 10.5. The molecule has 0 spiro atoms. The summed E-state index contributed by atoms with van der Waals surface area (Å²) < 4.78 is 12.9. The minimum Gasteiger partial charge on any atom is -0.454 e. The first-order valence-electron chi connectivity index (χ1n) is 5.52. The molecule has 0 amide bonds. The van der Waals surface area contributed by atoms with E-state index in [1.54, 1.807) is 30.1 Å². The van der Waals surface area contributed by atoms with Crippen molar-refractivity contribution in [1.82, 2.24) is 9.78 Å². The van der Waals surface area contributed by atoms with Gasteiger partial charge in [0.2, 0.25) is 6.79 Å². The van der Waals surface area contributed by atoms with Crippen LogP contribution in [0, 0.1) is 0 Å². The van der Waals surface area contributed by atoms with Crippen LogP contribution in [0.25, 0.3) is 0 Å². The van der Waals surface area contributed by atoms with Gasteiger partial charge in [0.15, 0.2) is 11.5 Å². The van der Waals surface area contributed by atoms with Crippen molar-refractivity contribution in [3.05, 3.63) is 39.1 Å². The molecule has 19 heavy (non-hydrogen) atoms. The smallest absolute Gasteiger partial charge is 0.231 e. The number of ether oxygens (including phenoxy) is 2. The van der Waals surface area contributed by atoms with Crippen LogP contribution in [0.5, 0.6) is 11.5 Å². The lowest BCUT2D eigenvalue weighted by Gasteiger charge is -2.13. The number of aromatic nitrogens is 2. The molecule has 1 aliphatic heterocycles. The predicted molar refractivity (Wildman–Crippen MR) is 72.5 cm³/mol. The summed E-state index contributed by atoms with van der Waals surface area (Å²) >= 11 is 9.47. The summed E-state index contributed by atoms with van der Waals surface area (Å²) in [6.07, 6.45) is 0.779. The molecule has 2 aromatic rings. The van der Waals surface area contributed by atoms with Crippen LogP contribution >= 0.6 is 27.5 Å². The molecular formula is C12H10BrClN2O3. The van der Waals surface area contributed by atoms with Gasteiger partial charge in [-0.2, -0.15) is 5.10 Å². The largest absolute Gasteiger partial charge is 0.454 e. The zero-order valence-electron chi connectivity index (χ0n) is 9.93. The van der Waals surface area contributed by atoms with Crippen LogP contribution in [0.3, 0.4) is 0 Å². The van der Waals surface area contributed by atoms with E-state index in [1.165, 1.54) is 0 Å². The fourth-order valence-corrected chi connectivity index (χ4v) is 2.87. The number of fused-ring (bicyclic) bond motifs is 1. The van der Waals surface area contributed by atoms with E-state index in [1.807, 2.05) is 0 Å². The third kappa shape index (κ3) is 2.09. The summed E-state index contributed by atoms with van der Waals surface area (Å²) in [6.45, 7) is 0.143. The molecule has 5 nitrogen and oxygen atoms in total. The lowest BCUT2D eigenvalue weighted by atomic mass is 10.1. The summed E-state index contributed by atoms with van der Waals surface area (Å²) in [7, 11) is 1.76. The van der Waals surface area contributed by atoms with E-state index in [4.69, 9.17) is 21.1 Å². The summed E-state index contributed by atoms with van der Waals surface area (Å²) in [6, 6.07) is 3.39. The first-order valence-corrected chi connectivity index (χ1v) is 6.69. The molecule has 0 aliphatic carbocycles. The lowest BCUT2D eigenvalue weighted by Crippen LogP contribution is -2.07. The highest BCUT2D eigenvalue weighted by Gasteiger charge is 2.24. The first-order chi connectivity index (χ1) is 9.08. The van der Waals surface area contributed by atoms with Crippen LogP contribution in [0.2, 0.25) is 5.02 Å². The van der Waals surface area contributed by atoms with Gasteiger partial charge in [-0.3, -0.25) is 4.68 Å². The normalized spacial score (nSPS) is 14.7. The van der Waals surface area contributed by atoms with Crippen LogP contribution in [0.1, 0.15) is 17.4 Å². The summed E-state index contributed by atoms with van der Waals surface area (Å²) in [4.78, 5) is 0. The summed E-state index contributed by atoms with van der Waals surface area (Å²) in [5.74, 6) is 1.06. The molecule has 3 rings (SSSR count). The molecule has 1 unspecified atom stereocenters. The summed E-state index contributed by atoms with van der Waals surface area (Å²) in [5, 5.41) is 14.9. The second-order valence-electron chi connectivity index (χ2n) is 4.14. The molecule has 2 heterocycles. The Morgan fingerprint density at radius 1 is 1.47 bits per heavy atom. The molecule has 1 aromatic carbocycles. The molecule has 0 radical (unpaired) electrons. The zero-order chi connectivity index (χ0) is 13.6. The lowest BCUT2D eigenvalue weighted by molar-refractivity contribution is 0.173. The average molecular weight is 346 g/mol. The Morgan fingerprint density at radius 2 is 2.26 bits per heavy atom. The van der Waals surface area contributed by atoms with Crippen LogP contribution < -0.4 is 9.47 Å². The van der Waals surface area contributed by atoms with Gasteiger partial charge >= 0.3 is 0 Å². The van der Waals surface area contributed by atoms with Gasteiger partial charge in [0.1, 0.15) is 6.10 Å². The summed E-state index contributed by atoms with van der Waals surface area (Å²) in [5.41, 5.74) is 1.27. The van der Waals surface area contributed by atoms with Gasteiger partial charge in [-0.25, -0.2) is 0 Å². The van der Waals surface area contributed by atoms with Crippen molar-refractivity contribution in [3.8, 4) is 11.5 Å². The minimum atomic E-state index is -0.853. The Kier molecular flexibility index (Phi) is 3.16. The first kappa shape index (κ1) is 12.8. The highest BCUT2D eigenvalue weighted by atomic mass is 79.9. The number of nitrogens with zero attached hydrogens (tertiary/aromatic N) is 2. The average Bonchev–Trinajstić information content (AvgIpc) is 2.96. The standard InChI is InChI=1S/C12H10BrClN2O3/c1-16-10(7(13)4-15-16)11(17)6-2-8(14)12-9(3-6)18-5-19-12/h2-4,11,17H,5H2,1H3. The zero-order valence-corrected chi connectivity index (χ0v) is 12.3. The molecule has 0 bridgehead atoms. The molecule has 1 aromatic heterocycles. The molecule has 0 fully saturated rings. The van der Waals surface area contributed by atoms with E-state index in [0.717, 1.165) is 4.47 Å². The molecule has 0 saturated carbocycles. The number of halogens is 2. The Hall–Kier alpha value is -1.24. The van der Waals surface area contributed by atoms with Gasteiger partial charge in [-0.1, -0.05) is 11.6 Å². The molecular weight excluding hydrogens is 336 g/mol. The SMILES string of the molecule is Cn1ncc(Br)c1C(O)c1cc(Cl)c2c(c1)OCO2. The Labute approximate surface area is 122 Å². The van der Waals surface area contributed by atoms with Crippen molar-refractivity contribution < 1.29 is 14.6 Å². The number of aliphatic hydroxyl groups is 1. The van der Waals surface area contributed by atoms with Gasteiger partial charge in [-0.15, -0.1) is 0 Å². The van der Waals surface area contributed by atoms with Crippen LogP contribution in [-0.2, 0) is 7.05 Å². The van der Waals surface area contributed by atoms with Gasteiger partial charge in [0.05, 0.1) is 21.4 Å². The molecule has 100 valence electrons. The van der Waals surface area contributed by atoms with Crippen LogP contribution in [0.4, 0.5) is 0 Å². The molecule has 7 heteroatoms. The number of rotatable bonds is 2. The second-order valence-corrected chi connectivity index (χ2v) is 5.40. The number of aliphatic hydroxyl groups excluding tert-OH is 1. The molecule has 0 saturated heterocycles. The van der Waals surface area contributed by atoms with Gasteiger partial charge < -0.3 is 14.6 Å². The molecule has 1 atom stereocenters. The number of aryl methyl sites for hydroxylation is 1. The Morgan fingerprint density at radius 3 is 2.95 bits per heavy atom.